The van der Waals surface area contributed by atoms with E-state index in [9.17, 15) is 9.59 Å². The van der Waals surface area contributed by atoms with Gasteiger partial charge >= 0.3 is 11.9 Å². The van der Waals surface area contributed by atoms with Gasteiger partial charge in [-0.05, 0) is 29.3 Å². The molecule has 1 atom stereocenters. The largest absolute Gasteiger partial charge is 0.481 e. The molecule has 1 aromatic rings. The average Bonchev–Trinajstić information content (AvgIpc) is 2.53. The molecule has 0 aliphatic carbocycles. The molecule has 0 spiro atoms. The highest BCUT2D eigenvalue weighted by atomic mass is 32.1. The quantitative estimate of drug-likeness (QED) is 0.779. The van der Waals surface area contributed by atoms with E-state index in [0.717, 1.165) is 5.56 Å². The van der Waals surface area contributed by atoms with Crippen molar-refractivity contribution in [1.82, 2.24) is 0 Å². The summed E-state index contributed by atoms with van der Waals surface area (Å²) in [5.41, 5.74) is 0.896. The molecule has 1 heterocycles. The van der Waals surface area contributed by atoms with Crippen molar-refractivity contribution in [2.75, 3.05) is 0 Å². The fourth-order valence-corrected chi connectivity index (χ4v) is 1.78. The standard InChI is InChI=1S/C10H12O4S/c1-7(4-9(11)12)14-10(13)5-8-2-3-15-6-8/h2-3,6-7H,4-5H2,1H3,(H,11,12). The zero-order chi connectivity index (χ0) is 11.3. The van der Waals surface area contributed by atoms with Crippen molar-refractivity contribution in [2.24, 2.45) is 0 Å². The van der Waals surface area contributed by atoms with Crippen LogP contribution in [0, 0.1) is 0 Å². The molecule has 0 aromatic carbocycles. The Morgan fingerprint density at radius 2 is 2.33 bits per heavy atom. The van der Waals surface area contributed by atoms with E-state index >= 15 is 0 Å². The number of esters is 1. The van der Waals surface area contributed by atoms with Gasteiger partial charge in [-0.2, -0.15) is 11.3 Å². The second kappa shape index (κ2) is 5.50. The molecule has 0 aliphatic heterocycles. The summed E-state index contributed by atoms with van der Waals surface area (Å²) in [6.45, 7) is 1.57. The number of carboxylic acid groups (broad SMARTS) is 1. The van der Waals surface area contributed by atoms with E-state index in [-0.39, 0.29) is 18.8 Å². The van der Waals surface area contributed by atoms with Crippen LogP contribution in [0.1, 0.15) is 18.9 Å². The second-order valence-corrected chi connectivity index (χ2v) is 3.99. The van der Waals surface area contributed by atoms with Gasteiger partial charge < -0.3 is 9.84 Å². The summed E-state index contributed by atoms with van der Waals surface area (Å²) in [6, 6.07) is 1.84. The van der Waals surface area contributed by atoms with Crippen LogP contribution in [0.2, 0.25) is 0 Å². The van der Waals surface area contributed by atoms with Gasteiger partial charge in [0.25, 0.3) is 0 Å². The minimum Gasteiger partial charge on any atom is -0.481 e. The lowest BCUT2D eigenvalue weighted by molar-refractivity contribution is -0.151. The predicted octanol–water partition coefficient (Wildman–Crippen LogP) is 1.70. The molecular formula is C10H12O4S. The molecule has 15 heavy (non-hydrogen) atoms. The smallest absolute Gasteiger partial charge is 0.310 e. The van der Waals surface area contributed by atoms with Crippen LogP contribution in [0.5, 0.6) is 0 Å². The maximum atomic E-state index is 11.3. The normalized spacial score (nSPS) is 12.1. The Labute approximate surface area is 91.5 Å². The van der Waals surface area contributed by atoms with Gasteiger partial charge in [-0.3, -0.25) is 9.59 Å². The first-order valence-electron chi connectivity index (χ1n) is 4.50. The van der Waals surface area contributed by atoms with Crippen LogP contribution in [0.15, 0.2) is 16.8 Å². The lowest BCUT2D eigenvalue weighted by Gasteiger charge is -2.10. The molecule has 1 unspecified atom stereocenters. The zero-order valence-electron chi connectivity index (χ0n) is 8.30. The van der Waals surface area contributed by atoms with E-state index in [1.165, 1.54) is 11.3 Å². The maximum Gasteiger partial charge on any atom is 0.310 e. The van der Waals surface area contributed by atoms with Gasteiger partial charge in [0.1, 0.15) is 6.10 Å². The first kappa shape index (κ1) is 11.7. The lowest BCUT2D eigenvalue weighted by Crippen LogP contribution is -2.19. The van der Waals surface area contributed by atoms with E-state index in [4.69, 9.17) is 9.84 Å². The summed E-state index contributed by atoms with van der Waals surface area (Å²) in [5.74, 6) is -1.35. The Morgan fingerprint density at radius 3 is 2.87 bits per heavy atom. The molecule has 82 valence electrons. The highest BCUT2D eigenvalue weighted by Gasteiger charge is 2.13. The molecule has 0 fully saturated rings. The van der Waals surface area contributed by atoms with Crippen molar-refractivity contribution >= 4 is 23.3 Å². The molecule has 5 heteroatoms. The van der Waals surface area contributed by atoms with Gasteiger partial charge in [0, 0.05) is 0 Å². The molecule has 0 amide bonds. The van der Waals surface area contributed by atoms with Crippen LogP contribution >= 0.6 is 11.3 Å². The molecule has 0 saturated heterocycles. The predicted molar refractivity (Wildman–Crippen MR) is 55.8 cm³/mol. The number of ether oxygens (including phenoxy) is 1. The van der Waals surface area contributed by atoms with Gasteiger partial charge in [-0.1, -0.05) is 0 Å². The summed E-state index contributed by atoms with van der Waals surface area (Å²) in [6.07, 6.45) is -0.531. The Balaban J connectivity index is 2.33. The first-order valence-corrected chi connectivity index (χ1v) is 5.44. The third-order valence-electron chi connectivity index (χ3n) is 1.72. The maximum absolute atomic E-state index is 11.3. The Morgan fingerprint density at radius 1 is 1.60 bits per heavy atom. The second-order valence-electron chi connectivity index (χ2n) is 3.21. The van der Waals surface area contributed by atoms with Crippen LogP contribution in [0.3, 0.4) is 0 Å². The summed E-state index contributed by atoms with van der Waals surface area (Å²) >= 11 is 1.51. The van der Waals surface area contributed by atoms with Gasteiger partial charge in [-0.25, -0.2) is 0 Å². The third kappa shape index (κ3) is 4.60. The van der Waals surface area contributed by atoms with Crippen LogP contribution in [0.25, 0.3) is 0 Å². The van der Waals surface area contributed by atoms with E-state index in [1.54, 1.807) is 6.92 Å². The van der Waals surface area contributed by atoms with Crippen LogP contribution in [-0.2, 0) is 20.7 Å². The number of carbonyl (C=O) groups excluding carboxylic acids is 1. The fraction of sp³-hybridized carbons (Fsp3) is 0.400. The van der Waals surface area contributed by atoms with Crippen molar-refractivity contribution in [2.45, 2.75) is 25.9 Å². The molecule has 0 saturated carbocycles. The van der Waals surface area contributed by atoms with Crippen LogP contribution in [0.4, 0.5) is 0 Å². The highest BCUT2D eigenvalue weighted by Crippen LogP contribution is 2.08. The topological polar surface area (TPSA) is 63.6 Å². The number of hydrogen-bond donors (Lipinski definition) is 1. The molecule has 0 radical (unpaired) electrons. The van der Waals surface area contributed by atoms with Crippen molar-refractivity contribution in [3.8, 4) is 0 Å². The minimum atomic E-state index is -0.967. The Kier molecular flexibility index (Phi) is 4.30. The van der Waals surface area contributed by atoms with Crippen LogP contribution < -0.4 is 0 Å². The Bertz CT molecular complexity index is 331. The first-order chi connectivity index (χ1) is 7.08. The molecule has 0 bridgehead atoms. The van der Waals surface area contributed by atoms with Crippen molar-refractivity contribution in [3.05, 3.63) is 22.4 Å². The van der Waals surface area contributed by atoms with Gasteiger partial charge in [0.15, 0.2) is 0 Å². The van der Waals surface area contributed by atoms with Gasteiger partial charge in [0.05, 0.1) is 12.8 Å². The van der Waals surface area contributed by atoms with Crippen molar-refractivity contribution in [1.29, 1.82) is 0 Å². The fourth-order valence-electron chi connectivity index (χ4n) is 1.11. The highest BCUT2D eigenvalue weighted by molar-refractivity contribution is 7.07. The molecule has 1 N–H and O–H groups in total. The van der Waals surface area contributed by atoms with Crippen molar-refractivity contribution in [3.63, 3.8) is 0 Å². The van der Waals surface area contributed by atoms with Gasteiger partial charge in [0.2, 0.25) is 0 Å². The molecule has 4 nitrogen and oxygen atoms in total. The van der Waals surface area contributed by atoms with E-state index in [1.807, 2.05) is 16.8 Å². The molecule has 0 aliphatic rings. The third-order valence-corrected chi connectivity index (χ3v) is 2.46. The number of carbonyl (C=O) groups is 2. The SMILES string of the molecule is CC(CC(=O)O)OC(=O)Cc1ccsc1. The summed E-state index contributed by atoms with van der Waals surface area (Å²) < 4.78 is 4.92. The molecule has 1 aromatic heterocycles. The lowest BCUT2D eigenvalue weighted by atomic mass is 10.2. The summed E-state index contributed by atoms with van der Waals surface area (Å²) in [5, 5.41) is 12.2. The van der Waals surface area contributed by atoms with E-state index in [0.29, 0.717) is 0 Å². The monoisotopic (exact) mass is 228 g/mol. The number of hydrogen-bond acceptors (Lipinski definition) is 4. The van der Waals surface area contributed by atoms with Gasteiger partial charge in [-0.15, -0.1) is 0 Å². The van der Waals surface area contributed by atoms with E-state index < -0.39 is 12.1 Å². The molecular weight excluding hydrogens is 216 g/mol. The Hall–Kier alpha value is -1.36. The number of aliphatic carboxylic acids is 1. The van der Waals surface area contributed by atoms with E-state index in [2.05, 4.69) is 0 Å². The molecule has 1 rings (SSSR count). The summed E-state index contributed by atoms with van der Waals surface area (Å²) in [4.78, 5) is 21.6. The van der Waals surface area contributed by atoms with Crippen LogP contribution in [-0.4, -0.2) is 23.1 Å². The number of rotatable bonds is 5. The average molecular weight is 228 g/mol. The number of carboxylic acids is 1. The number of thiophene rings is 1. The minimum absolute atomic E-state index is 0.157. The summed E-state index contributed by atoms with van der Waals surface area (Å²) in [7, 11) is 0. The van der Waals surface area contributed by atoms with Crippen molar-refractivity contribution < 1.29 is 19.4 Å². The zero-order valence-corrected chi connectivity index (χ0v) is 9.12.